The molecule has 0 unspecified atom stereocenters. The van der Waals surface area contributed by atoms with Gasteiger partial charge in [-0.3, -0.25) is 9.69 Å². The third-order valence-electron chi connectivity index (χ3n) is 3.68. The number of thiocarbonyl (C=S) groups is 1. The van der Waals surface area contributed by atoms with Crippen LogP contribution in [0.2, 0.25) is 0 Å². The van der Waals surface area contributed by atoms with Crippen LogP contribution in [0.5, 0.6) is 11.5 Å². The number of benzene rings is 2. The van der Waals surface area contributed by atoms with Gasteiger partial charge in [0, 0.05) is 6.08 Å². The summed E-state index contributed by atoms with van der Waals surface area (Å²) in [6, 6.07) is 20.4. The van der Waals surface area contributed by atoms with Gasteiger partial charge in [0.05, 0.1) is 16.9 Å². The summed E-state index contributed by atoms with van der Waals surface area (Å²) in [5.41, 5.74) is 0.704. The zero-order valence-electron chi connectivity index (χ0n) is 13.5. The highest BCUT2D eigenvalue weighted by Gasteiger charge is 2.33. The van der Waals surface area contributed by atoms with Gasteiger partial charge in [-0.05, 0) is 48.5 Å². The molecule has 1 fully saturated rings. The number of carbonyl (C=O) groups is 1. The van der Waals surface area contributed by atoms with Gasteiger partial charge in [-0.25, -0.2) is 0 Å². The van der Waals surface area contributed by atoms with E-state index in [-0.39, 0.29) is 5.91 Å². The number of anilines is 1. The molecular formula is C20H13NO3S2. The van der Waals surface area contributed by atoms with Crippen molar-refractivity contribution in [2.24, 2.45) is 0 Å². The van der Waals surface area contributed by atoms with Gasteiger partial charge in [0.25, 0.3) is 5.91 Å². The van der Waals surface area contributed by atoms with Gasteiger partial charge >= 0.3 is 0 Å². The topological polar surface area (TPSA) is 42.7 Å². The van der Waals surface area contributed by atoms with Gasteiger partial charge in [0.1, 0.15) is 17.3 Å². The predicted molar refractivity (Wildman–Crippen MR) is 107 cm³/mol. The van der Waals surface area contributed by atoms with E-state index in [0.29, 0.717) is 26.4 Å². The van der Waals surface area contributed by atoms with Gasteiger partial charge in [-0.1, -0.05) is 42.2 Å². The molecule has 0 saturated carbocycles. The number of thioether (sulfide) groups is 1. The van der Waals surface area contributed by atoms with Crippen LogP contribution in [0, 0.1) is 0 Å². The van der Waals surface area contributed by atoms with E-state index in [9.17, 15) is 4.79 Å². The number of hydrogen-bond donors (Lipinski definition) is 0. The van der Waals surface area contributed by atoms with Gasteiger partial charge in [0.15, 0.2) is 4.32 Å². The lowest BCUT2D eigenvalue weighted by Crippen LogP contribution is -2.27. The number of para-hydroxylation sites is 1. The van der Waals surface area contributed by atoms with E-state index in [1.54, 1.807) is 24.5 Å². The van der Waals surface area contributed by atoms with E-state index in [1.807, 2.05) is 54.6 Å². The summed E-state index contributed by atoms with van der Waals surface area (Å²) >= 11 is 6.63. The minimum atomic E-state index is -0.159. The Hall–Kier alpha value is -2.83. The van der Waals surface area contributed by atoms with Crippen LogP contribution in [0.15, 0.2) is 82.3 Å². The van der Waals surface area contributed by atoms with Gasteiger partial charge < -0.3 is 9.15 Å². The first-order chi connectivity index (χ1) is 12.7. The standard InChI is InChI=1S/C20H13NO3S2/c22-19-18(13-17-7-4-12-23-17)26-20(25)21(19)14-8-10-16(11-9-14)24-15-5-2-1-3-6-15/h1-13H/b18-13-. The summed E-state index contributed by atoms with van der Waals surface area (Å²) in [6.45, 7) is 0. The Labute approximate surface area is 160 Å². The fraction of sp³-hybridized carbons (Fsp3) is 0. The Bertz CT molecular complexity index is 964. The van der Waals surface area contributed by atoms with Gasteiger partial charge in [-0.15, -0.1) is 0 Å². The maximum Gasteiger partial charge on any atom is 0.270 e. The van der Waals surface area contributed by atoms with Crippen LogP contribution in [-0.4, -0.2) is 10.2 Å². The van der Waals surface area contributed by atoms with E-state index < -0.39 is 0 Å². The molecule has 4 rings (SSSR count). The van der Waals surface area contributed by atoms with Crippen molar-refractivity contribution in [1.82, 2.24) is 0 Å². The van der Waals surface area contributed by atoms with Crippen molar-refractivity contribution in [2.45, 2.75) is 0 Å². The summed E-state index contributed by atoms with van der Waals surface area (Å²) in [5, 5.41) is 0. The lowest BCUT2D eigenvalue weighted by molar-refractivity contribution is -0.113. The smallest absolute Gasteiger partial charge is 0.270 e. The Kier molecular flexibility index (Phi) is 4.60. The first-order valence-corrected chi connectivity index (χ1v) is 9.07. The van der Waals surface area contributed by atoms with E-state index in [0.717, 1.165) is 5.75 Å². The molecule has 128 valence electrons. The minimum absolute atomic E-state index is 0.159. The molecule has 2 heterocycles. The molecule has 1 aromatic heterocycles. The van der Waals surface area contributed by atoms with Gasteiger partial charge in [0.2, 0.25) is 0 Å². The van der Waals surface area contributed by atoms with Crippen molar-refractivity contribution in [3.63, 3.8) is 0 Å². The number of hydrogen-bond acceptors (Lipinski definition) is 5. The highest BCUT2D eigenvalue weighted by Crippen LogP contribution is 2.36. The SMILES string of the molecule is O=C1/C(=C/c2ccco2)SC(=S)N1c1ccc(Oc2ccccc2)cc1. The molecule has 0 atom stereocenters. The van der Waals surface area contributed by atoms with Crippen molar-refractivity contribution in [1.29, 1.82) is 0 Å². The van der Waals surface area contributed by atoms with Crippen molar-refractivity contribution < 1.29 is 13.9 Å². The Balaban J connectivity index is 1.54. The second kappa shape index (κ2) is 7.19. The van der Waals surface area contributed by atoms with E-state index in [1.165, 1.54) is 16.7 Å². The first kappa shape index (κ1) is 16.6. The summed E-state index contributed by atoms with van der Waals surface area (Å²) in [4.78, 5) is 14.7. The third kappa shape index (κ3) is 3.42. The average molecular weight is 379 g/mol. The highest BCUT2D eigenvalue weighted by atomic mass is 32.2. The van der Waals surface area contributed by atoms with Crippen molar-refractivity contribution in [3.8, 4) is 11.5 Å². The summed E-state index contributed by atoms with van der Waals surface area (Å²) < 4.78 is 11.5. The molecule has 6 heteroatoms. The second-order valence-corrected chi connectivity index (χ2v) is 7.12. The first-order valence-electron chi connectivity index (χ1n) is 7.85. The van der Waals surface area contributed by atoms with Crippen LogP contribution >= 0.6 is 24.0 Å². The zero-order valence-corrected chi connectivity index (χ0v) is 15.1. The lowest BCUT2D eigenvalue weighted by Gasteiger charge is -2.15. The van der Waals surface area contributed by atoms with Crippen molar-refractivity contribution in [3.05, 3.63) is 83.7 Å². The Morgan fingerprint density at radius 2 is 1.69 bits per heavy atom. The molecule has 4 nitrogen and oxygen atoms in total. The monoisotopic (exact) mass is 379 g/mol. The van der Waals surface area contributed by atoms with Crippen LogP contribution < -0.4 is 9.64 Å². The largest absolute Gasteiger partial charge is 0.465 e. The van der Waals surface area contributed by atoms with E-state index in [2.05, 4.69) is 0 Å². The van der Waals surface area contributed by atoms with Crippen LogP contribution in [0.3, 0.4) is 0 Å². The number of nitrogens with zero attached hydrogens (tertiary/aromatic N) is 1. The van der Waals surface area contributed by atoms with Crippen LogP contribution in [0.1, 0.15) is 5.76 Å². The van der Waals surface area contributed by atoms with E-state index in [4.69, 9.17) is 21.4 Å². The quantitative estimate of drug-likeness (QED) is 0.444. The van der Waals surface area contributed by atoms with Crippen molar-refractivity contribution in [2.75, 3.05) is 4.90 Å². The number of rotatable bonds is 4. The molecule has 0 aliphatic carbocycles. The fourth-order valence-corrected chi connectivity index (χ4v) is 3.76. The molecule has 0 radical (unpaired) electrons. The molecule has 0 bridgehead atoms. The maximum atomic E-state index is 12.7. The molecule has 0 N–H and O–H groups in total. The number of amides is 1. The molecule has 0 spiro atoms. The van der Waals surface area contributed by atoms with Crippen molar-refractivity contribution >= 4 is 46.0 Å². The van der Waals surface area contributed by atoms with Crippen LogP contribution in [0.25, 0.3) is 6.08 Å². The van der Waals surface area contributed by atoms with Crippen LogP contribution in [-0.2, 0) is 4.79 Å². The average Bonchev–Trinajstić information content (AvgIpc) is 3.26. The normalized spacial score (nSPS) is 15.7. The molecule has 3 aromatic rings. The van der Waals surface area contributed by atoms with E-state index >= 15 is 0 Å². The Morgan fingerprint density at radius 1 is 0.962 bits per heavy atom. The van der Waals surface area contributed by atoms with Gasteiger partial charge in [-0.2, -0.15) is 0 Å². The summed E-state index contributed by atoms with van der Waals surface area (Å²) in [5.74, 6) is 1.91. The number of furan rings is 1. The molecule has 1 aliphatic heterocycles. The maximum absolute atomic E-state index is 12.7. The summed E-state index contributed by atoms with van der Waals surface area (Å²) in [7, 11) is 0. The third-order valence-corrected chi connectivity index (χ3v) is 4.99. The molecule has 2 aromatic carbocycles. The molecule has 1 amide bonds. The Morgan fingerprint density at radius 3 is 2.38 bits per heavy atom. The van der Waals surface area contributed by atoms with Crippen LogP contribution in [0.4, 0.5) is 5.69 Å². The lowest BCUT2D eigenvalue weighted by atomic mass is 10.2. The summed E-state index contributed by atoms with van der Waals surface area (Å²) in [6.07, 6.45) is 3.27. The molecule has 1 saturated heterocycles. The molecule has 1 aliphatic rings. The molecule has 26 heavy (non-hydrogen) atoms. The molecular weight excluding hydrogens is 366 g/mol. The number of carbonyl (C=O) groups excluding carboxylic acids is 1. The fourth-order valence-electron chi connectivity index (χ4n) is 2.48. The zero-order chi connectivity index (χ0) is 17.9. The second-order valence-electron chi connectivity index (χ2n) is 5.44. The highest BCUT2D eigenvalue weighted by molar-refractivity contribution is 8.27. The predicted octanol–water partition coefficient (Wildman–Crippen LogP) is 5.48. The number of ether oxygens (including phenoxy) is 1. The minimum Gasteiger partial charge on any atom is -0.465 e.